The lowest BCUT2D eigenvalue weighted by Gasteiger charge is -2.40. The zero-order valence-corrected chi connectivity index (χ0v) is 71.4. The Bertz CT molecular complexity index is 6120. The molecule has 0 radical (unpaired) electrons. The molecule has 16 rings (SSSR count). The quantitative estimate of drug-likeness (QED) is 0.0350. The molecule has 121 heavy (non-hydrogen) atoms. The van der Waals surface area contributed by atoms with Crippen molar-refractivity contribution < 1.29 is 64.0 Å². The highest BCUT2D eigenvalue weighted by Gasteiger charge is 2.38. The molecule has 4 unspecified atom stereocenters. The van der Waals surface area contributed by atoms with E-state index in [9.17, 15) is 59.7 Å². The minimum absolute atomic E-state index is 0.0631. The molecule has 5 aliphatic heterocycles. The minimum atomic E-state index is -3.50. The fourth-order valence-electron chi connectivity index (χ4n) is 15.7. The number of nitrogens with zero attached hydrogens (tertiary/aromatic N) is 17. The molecule has 1 aliphatic carbocycles. The molecule has 6 aliphatic rings. The first kappa shape index (κ1) is 90.2. The molecule has 646 valence electrons. The van der Waals surface area contributed by atoms with Crippen molar-refractivity contribution in [2.75, 3.05) is 141 Å². The van der Waals surface area contributed by atoms with Gasteiger partial charge in [-0.3, -0.25) is 0 Å². The van der Waals surface area contributed by atoms with Gasteiger partial charge in [0.15, 0.2) is 0 Å². The van der Waals surface area contributed by atoms with Gasteiger partial charge in [-0.2, -0.15) is 0 Å². The number of hydrogen-bond acceptors (Lipinski definition) is 25. The molecule has 4 atom stereocenters. The van der Waals surface area contributed by atoms with Crippen molar-refractivity contribution in [3.8, 4) is 0 Å². The first-order chi connectivity index (χ1) is 57.4. The first-order valence-corrected chi connectivity index (χ1v) is 48.4. The number of piperidine rings is 3. The Balaban J connectivity index is 0.000000139. The molecule has 10 heterocycles. The molecule has 5 saturated heterocycles. The lowest BCUT2D eigenvalue weighted by atomic mass is 9.94. The molecule has 0 bridgehead atoms. The van der Waals surface area contributed by atoms with Crippen molar-refractivity contribution in [3.63, 3.8) is 0 Å². The second-order valence-corrected chi connectivity index (χ2v) is 40.7. The number of aryl methyl sites for hydroxylation is 1. The van der Waals surface area contributed by atoms with E-state index in [1.165, 1.54) is 73.3 Å². The molecule has 32 nitrogen and oxygen atoms in total. The monoisotopic (exact) mass is 1770 g/mol. The average molecular weight is 1770 g/mol. The Hall–Kier alpha value is -10.0. The van der Waals surface area contributed by atoms with E-state index >= 15 is 4.39 Å². The number of benzene rings is 5. The minimum Gasteiger partial charge on any atom is -0.356 e. The molecule has 5 N–H and O–H groups in total. The number of rotatable bonds is 20. The fourth-order valence-corrected chi connectivity index (χ4v) is 19.7. The van der Waals surface area contributed by atoms with E-state index in [4.69, 9.17) is 13.1 Å². The predicted octanol–water partition coefficient (Wildman–Crippen LogP) is 9.32. The lowest BCUT2D eigenvalue weighted by molar-refractivity contribution is 0.141. The summed E-state index contributed by atoms with van der Waals surface area (Å²) < 4.78 is 198. The molecule has 10 aromatic rings. The highest BCUT2D eigenvalue weighted by atomic mass is 32.2. The van der Waals surface area contributed by atoms with Gasteiger partial charge in [-0.15, -0.1) is 0 Å². The van der Waals surface area contributed by atoms with E-state index in [-0.39, 0.29) is 65.6 Å². The van der Waals surface area contributed by atoms with Gasteiger partial charge in [-0.25, -0.2) is 147 Å². The lowest BCUT2D eigenvalue weighted by Crippen LogP contribution is -2.59. The van der Waals surface area contributed by atoms with E-state index < -0.39 is 67.4 Å². The Morgan fingerprint density at radius 2 is 0.826 bits per heavy atom. The van der Waals surface area contributed by atoms with Gasteiger partial charge in [-0.1, -0.05) is 30.9 Å². The van der Waals surface area contributed by atoms with E-state index in [2.05, 4.69) is 112 Å². The number of fused-ring (bicyclic) bond motifs is 5. The molecule has 5 aromatic carbocycles. The topological polar surface area (TPSA) is 385 Å². The van der Waals surface area contributed by atoms with E-state index in [1.54, 1.807) is 23.4 Å². The number of anilines is 5. The summed E-state index contributed by atoms with van der Waals surface area (Å²) in [5, 5.41) is 3.20. The zero-order chi connectivity index (χ0) is 86.6. The molecule has 5 aromatic heterocycles. The third kappa shape index (κ3) is 24.7. The molecular weight excluding hydrogens is 1670 g/mol. The van der Waals surface area contributed by atoms with Gasteiger partial charge in [0, 0.05) is 112 Å². The largest absolute Gasteiger partial charge is 0.356 e. The maximum atomic E-state index is 15.1. The number of sulfonamides is 5. The van der Waals surface area contributed by atoms with Crippen LogP contribution in [0.3, 0.4) is 0 Å². The summed E-state index contributed by atoms with van der Waals surface area (Å²) in [6.45, 7) is 23.2. The van der Waals surface area contributed by atoms with Crippen LogP contribution < -0.4 is 48.1 Å². The van der Waals surface area contributed by atoms with Crippen molar-refractivity contribution in [1.29, 1.82) is 0 Å². The van der Waals surface area contributed by atoms with Gasteiger partial charge >= 0.3 is 0 Å². The Morgan fingerprint density at radius 1 is 0.413 bits per heavy atom. The zero-order valence-electron chi connectivity index (χ0n) is 67.3. The van der Waals surface area contributed by atoms with Crippen LogP contribution in [0.5, 0.6) is 0 Å². The molecule has 42 heteroatoms. The van der Waals surface area contributed by atoms with Crippen LogP contribution in [0, 0.1) is 61.1 Å². The van der Waals surface area contributed by atoms with E-state index in [0.29, 0.717) is 132 Å². The Morgan fingerprint density at radius 3 is 1.33 bits per heavy atom. The van der Waals surface area contributed by atoms with Crippen molar-refractivity contribution >= 4 is 145 Å². The van der Waals surface area contributed by atoms with E-state index in [1.807, 2.05) is 15.9 Å². The van der Waals surface area contributed by atoms with Crippen LogP contribution in [0.4, 0.5) is 62.4 Å². The summed E-state index contributed by atoms with van der Waals surface area (Å²) in [7, 11) is -16.3. The summed E-state index contributed by atoms with van der Waals surface area (Å²) >= 11 is 0. The second-order valence-electron chi connectivity index (χ2n) is 31.4. The second kappa shape index (κ2) is 39.0. The van der Waals surface area contributed by atoms with Crippen LogP contribution in [0.2, 0.25) is 0 Å². The SMILES string of the molecule is CS(=O)(=O)NC1CN(c2ncnc3ccc(F)cc23)C1.CS(=O)(=O)NCC1CCN(c2ncnc3ccc(F)cc23)C1.Cc1ccc2ncnc(N3CCCC(CNS(=O)(=O)C4CCCCC4)C3)c2c1.[C-]#[N+]c1cc2c(N3CCCC(F)(CNS(C)(=O)=O)C3)ncnc2cc1F.[C-]#[N+]c1cc2ncnc(N3CCCC(CNS(C)(=O)=O)C3)c2cc1F. The van der Waals surface area contributed by atoms with E-state index in [0.717, 1.165) is 138 Å². The molecule has 6 fully saturated rings. The smallest absolute Gasteiger partial charge is 0.224 e. The summed E-state index contributed by atoms with van der Waals surface area (Å²) in [5.74, 6) is 2.05. The Kier molecular flexibility index (Phi) is 29.1. The fraction of sp³-hybridized carbons (Fsp3) is 0.468. The maximum absolute atomic E-state index is 15.1. The highest BCUT2D eigenvalue weighted by Crippen LogP contribution is 2.38. The van der Waals surface area contributed by atoms with Crippen molar-refractivity contribution in [1.82, 2.24) is 73.5 Å². The van der Waals surface area contributed by atoms with Gasteiger partial charge in [-0.05, 0) is 155 Å². The number of aromatic nitrogens is 10. The van der Waals surface area contributed by atoms with Crippen molar-refractivity contribution in [2.45, 2.75) is 101 Å². The average Bonchev–Trinajstić information content (AvgIpc) is 1.36. The molecular formula is C79H95F5N22O10S5. The van der Waals surface area contributed by atoms with Crippen molar-refractivity contribution in [3.05, 3.63) is 162 Å². The predicted molar refractivity (Wildman–Crippen MR) is 457 cm³/mol. The Labute approximate surface area is 700 Å². The first-order valence-electron chi connectivity index (χ1n) is 39.3. The summed E-state index contributed by atoms with van der Waals surface area (Å²) in [6, 6.07) is 20.1. The van der Waals surface area contributed by atoms with Crippen LogP contribution in [0.15, 0.2) is 110 Å². The maximum Gasteiger partial charge on any atom is 0.224 e. The summed E-state index contributed by atoms with van der Waals surface area (Å²) in [6.07, 6.45) is 21.9. The van der Waals surface area contributed by atoms with Crippen LogP contribution in [-0.4, -0.2) is 226 Å². The number of hydrogen-bond donors (Lipinski definition) is 5. The van der Waals surface area contributed by atoms with Gasteiger partial charge < -0.3 is 24.5 Å². The summed E-state index contributed by atoms with van der Waals surface area (Å²) in [5.41, 5.74) is 2.38. The van der Waals surface area contributed by atoms with Gasteiger partial charge in [0.2, 0.25) is 61.5 Å². The normalized spacial score (nSPS) is 19.5. The third-order valence-electron chi connectivity index (χ3n) is 21.6. The van der Waals surface area contributed by atoms with Crippen LogP contribution in [0.25, 0.3) is 64.2 Å². The molecule has 1 saturated carbocycles. The number of halogens is 5. The van der Waals surface area contributed by atoms with Crippen LogP contribution >= 0.6 is 0 Å². The van der Waals surface area contributed by atoms with Crippen LogP contribution in [0.1, 0.15) is 82.6 Å². The number of alkyl halides is 1. The van der Waals surface area contributed by atoms with Crippen molar-refractivity contribution in [2.24, 2.45) is 17.8 Å². The van der Waals surface area contributed by atoms with Gasteiger partial charge in [0.05, 0.1) is 83.6 Å². The third-order valence-corrected chi connectivity index (χ3v) is 26.4. The van der Waals surface area contributed by atoms with Crippen LogP contribution in [-0.2, 0) is 50.1 Å². The number of nitrogens with one attached hydrogen (secondary N) is 5. The summed E-state index contributed by atoms with van der Waals surface area (Å²) in [4.78, 5) is 58.5. The standard InChI is InChI=1S/C21H30N4O2S.C16H17F2N5O2S.C16H18FN5O2S.C14H17FN4O2S.C12H13FN4O2S/c1-16-9-10-20-19(12-16)21(23-15-22-20)25-11-5-6-17(14-25)13-24-28(26,27)18-7-3-2-4-8-18;1-19-14-6-11-13(7-12(14)17)20-10-21-15(11)23-5-3-4-16(18,9-23)8-22-26(2,24)25;1-18-15-7-14-12(6-13(15)17)16(20-10-19-14)22-5-3-4-11(9-22)8-21-25(2,23)24;1-22(20,21)18-7-10-4-5-19(8-10)14-12-6-11(15)2-3-13(12)16-9-17-14;1-20(18,19)16-9-5-17(6-9)12-10-4-8(13)2-3-11(10)14-7-15-12/h9-10,12,15,17-18,24H,2-8,11,13-14H2,1H3;6-7,10,22H,3-5,8-9H2,2H3;6-7,10-11,21H,3-5,8-9H2,2H3;2-3,6,9-10,18H,4-5,7-8H2,1H3;2-4,7,9,16H,5-6H2,1H3. The highest BCUT2D eigenvalue weighted by molar-refractivity contribution is 7.90. The molecule has 0 amide bonds. The molecule has 0 spiro atoms. The van der Waals surface area contributed by atoms with Gasteiger partial charge in [0.25, 0.3) is 0 Å². The van der Waals surface area contributed by atoms with Gasteiger partial charge in [0.1, 0.15) is 89.7 Å².